The minimum atomic E-state index is 0.540. The van der Waals surface area contributed by atoms with Crippen LogP contribution in [0.25, 0.3) is 4.85 Å². The number of hydrogen-bond donors (Lipinski definition) is 0. The molecule has 0 unspecified atom stereocenters. The van der Waals surface area contributed by atoms with Crippen LogP contribution in [0.4, 0.5) is 0 Å². The van der Waals surface area contributed by atoms with Crippen molar-refractivity contribution in [3.05, 3.63) is 39.9 Å². The zero-order valence-electron chi connectivity index (χ0n) is 5.92. The van der Waals surface area contributed by atoms with E-state index in [-0.39, 0.29) is 0 Å². The molecule has 0 aromatic carbocycles. The van der Waals surface area contributed by atoms with Gasteiger partial charge in [-0.1, -0.05) is 0 Å². The Morgan fingerprint density at radius 3 is 3.00 bits per heavy atom. The second kappa shape index (κ2) is 4.09. The number of pyridine rings is 1. The van der Waals surface area contributed by atoms with Crippen molar-refractivity contribution >= 4 is 15.9 Å². The van der Waals surface area contributed by atoms with E-state index in [0.717, 1.165) is 16.5 Å². The van der Waals surface area contributed by atoms with Crippen molar-refractivity contribution in [3.63, 3.8) is 0 Å². The van der Waals surface area contributed by atoms with Crippen LogP contribution in [0.1, 0.15) is 5.56 Å². The summed E-state index contributed by atoms with van der Waals surface area (Å²) in [7, 11) is 0. The maximum Gasteiger partial charge on any atom is 0.218 e. The van der Waals surface area contributed by atoms with Gasteiger partial charge >= 0.3 is 0 Å². The molecular formula is C8H7BrN2. The van der Waals surface area contributed by atoms with Gasteiger partial charge in [0.25, 0.3) is 0 Å². The summed E-state index contributed by atoms with van der Waals surface area (Å²) in [5.74, 6) is 0. The first-order valence-corrected chi connectivity index (χ1v) is 4.05. The molecule has 0 aliphatic carbocycles. The van der Waals surface area contributed by atoms with Crippen molar-refractivity contribution in [2.24, 2.45) is 0 Å². The third kappa shape index (κ3) is 2.69. The Bertz CT molecular complexity index is 278. The molecule has 0 aliphatic heterocycles. The van der Waals surface area contributed by atoms with Crippen molar-refractivity contribution in [1.29, 1.82) is 0 Å². The molecule has 0 bridgehead atoms. The van der Waals surface area contributed by atoms with E-state index in [9.17, 15) is 0 Å². The summed E-state index contributed by atoms with van der Waals surface area (Å²) in [6.45, 7) is 7.14. The van der Waals surface area contributed by atoms with Crippen LogP contribution in [-0.2, 0) is 6.42 Å². The fourth-order valence-electron chi connectivity index (χ4n) is 0.778. The summed E-state index contributed by atoms with van der Waals surface area (Å²) in [5, 5.41) is 0. The van der Waals surface area contributed by atoms with Gasteiger partial charge in [0.15, 0.2) is 0 Å². The summed E-state index contributed by atoms with van der Waals surface area (Å²) in [6.07, 6.45) is 4.31. The maximum absolute atomic E-state index is 6.60. The molecule has 2 nitrogen and oxygen atoms in total. The Labute approximate surface area is 74.2 Å². The van der Waals surface area contributed by atoms with Gasteiger partial charge in [0.05, 0.1) is 0 Å². The van der Waals surface area contributed by atoms with Crippen LogP contribution < -0.4 is 0 Å². The minimum absolute atomic E-state index is 0.540. The fourth-order valence-corrected chi connectivity index (χ4v) is 1.19. The largest absolute Gasteiger partial charge is 0.317 e. The lowest BCUT2D eigenvalue weighted by Gasteiger charge is -1.94. The fraction of sp³-hybridized carbons (Fsp3) is 0.250. The maximum atomic E-state index is 6.60. The standard InChI is InChI=1S/C8H7BrN2/c1-10-3-2-7-4-8(9)6-11-5-7/h4-6H,2-3H2. The summed E-state index contributed by atoms with van der Waals surface area (Å²) < 4.78 is 0.972. The molecule has 1 aromatic rings. The van der Waals surface area contributed by atoms with Crippen LogP contribution in [0.15, 0.2) is 22.9 Å². The van der Waals surface area contributed by atoms with Crippen molar-refractivity contribution in [1.82, 2.24) is 4.98 Å². The number of halogens is 1. The van der Waals surface area contributed by atoms with E-state index < -0.39 is 0 Å². The second-order valence-corrected chi connectivity index (χ2v) is 3.06. The van der Waals surface area contributed by atoms with Crippen LogP contribution in [0.5, 0.6) is 0 Å². The molecule has 1 aromatic heterocycles. The average Bonchev–Trinajstić information content (AvgIpc) is 2.01. The highest BCUT2D eigenvalue weighted by molar-refractivity contribution is 9.10. The SMILES string of the molecule is [C-]#[N+]CCc1cncc(Br)c1. The molecule has 0 radical (unpaired) electrons. The highest BCUT2D eigenvalue weighted by Crippen LogP contribution is 2.09. The van der Waals surface area contributed by atoms with Crippen molar-refractivity contribution in [2.75, 3.05) is 6.54 Å². The number of hydrogen-bond acceptors (Lipinski definition) is 1. The molecule has 0 saturated heterocycles. The van der Waals surface area contributed by atoms with Gasteiger partial charge < -0.3 is 4.85 Å². The van der Waals surface area contributed by atoms with Crippen LogP contribution in [0.2, 0.25) is 0 Å². The smallest absolute Gasteiger partial charge is 0.218 e. The first-order chi connectivity index (χ1) is 5.33. The second-order valence-electron chi connectivity index (χ2n) is 2.14. The molecule has 11 heavy (non-hydrogen) atoms. The lowest BCUT2D eigenvalue weighted by Crippen LogP contribution is -1.88. The highest BCUT2D eigenvalue weighted by atomic mass is 79.9. The Balaban J connectivity index is 2.65. The normalized spacial score (nSPS) is 9.09. The average molecular weight is 211 g/mol. The quantitative estimate of drug-likeness (QED) is 0.686. The lowest BCUT2D eigenvalue weighted by molar-refractivity contribution is 1.05. The third-order valence-corrected chi connectivity index (χ3v) is 1.71. The van der Waals surface area contributed by atoms with E-state index in [4.69, 9.17) is 6.57 Å². The molecule has 0 fully saturated rings. The van der Waals surface area contributed by atoms with Crippen molar-refractivity contribution in [2.45, 2.75) is 6.42 Å². The van der Waals surface area contributed by atoms with Gasteiger partial charge in [0, 0.05) is 23.3 Å². The summed E-state index contributed by atoms with van der Waals surface area (Å²) in [5.41, 5.74) is 1.11. The van der Waals surface area contributed by atoms with Gasteiger partial charge in [0.2, 0.25) is 6.54 Å². The lowest BCUT2D eigenvalue weighted by atomic mass is 10.2. The first-order valence-electron chi connectivity index (χ1n) is 3.25. The Kier molecular flexibility index (Phi) is 3.06. The van der Waals surface area contributed by atoms with Crippen LogP contribution in [-0.4, -0.2) is 11.5 Å². The first kappa shape index (κ1) is 8.22. The summed E-state index contributed by atoms with van der Waals surface area (Å²) >= 11 is 3.31. The molecule has 0 amide bonds. The monoisotopic (exact) mass is 210 g/mol. The number of nitrogens with zero attached hydrogens (tertiary/aromatic N) is 2. The van der Waals surface area contributed by atoms with Gasteiger partial charge in [-0.05, 0) is 27.6 Å². The molecule has 0 saturated carbocycles. The Hall–Kier alpha value is -0.880. The molecule has 0 N–H and O–H groups in total. The van der Waals surface area contributed by atoms with Crippen molar-refractivity contribution in [3.8, 4) is 0 Å². The van der Waals surface area contributed by atoms with Gasteiger partial charge in [-0.2, -0.15) is 0 Å². The van der Waals surface area contributed by atoms with E-state index in [1.807, 2.05) is 6.07 Å². The van der Waals surface area contributed by atoms with Crippen molar-refractivity contribution < 1.29 is 0 Å². The predicted octanol–water partition coefficient (Wildman–Crippen LogP) is 2.31. The van der Waals surface area contributed by atoms with Gasteiger partial charge in [-0.25, -0.2) is 6.57 Å². The zero-order valence-corrected chi connectivity index (χ0v) is 7.50. The highest BCUT2D eigenvalue weighted by Gasteiger charge is 1.95. The van der Waals surface area contributed by atoms with E-state index in [0.29, 0.717) is 6.54 Å². The predicted molar refractivity (Wildman–Crippen MR) is 47.1 cm³/mol. The topological polar surface area (TPSA) is 17.2 Å². The van der Waals surface area contributed by atoms with Crippen LogP contribution in [0.3, 0.4) is 0 Å². The molecule has 56 valence electrons. The molecule has 3 heteroatoms. The van der Waals surface area contributed by atoms with Gasteiger partial charge in [-0.15, -0.1) is 0 Å². The molecule has 1 heterocycles. The summed E-state index contributed by atoms with van der Waals surface area (Å²) in [4.78, 5) is 7.25. The number of rotatable bonds is 2. The van der Waals surface area contributed by atoms with E-state index in [2.05, 4.69) is 25.8 Å². The number of aromatic nitrogens is 1. The Morgan fingerprint density at radius 2 is 2.36 bits per heavy atom. The third-order valence-electron chi connectivity index (χ3n) is 1.27. The molecular weight excluding hydrogens is 204 g/mol. The molecule has 0 atom stereocenters. The van der Waals surface area contributed by atoms with Crippen LogP contribution >= 0.6 is 15.9 Å². The molecule has 1 rings (SSSR count). The molecule has 0 spiro atoms. The zero-order chi connectivity index (χ0) is 8.10. The van der Waals surface area contributed by atoms with Gasteiger partial charge in [0.1, 0.15) is 0 Å². The van der Waals surface area contributed by atoms with E-state index in [1.165, 1.54) is 0 Å². The van der Waals surface area contributed by atoms with Gasteiger partial charge in [-0.3, -0.25) is 4.98 Å². The minimum Gasteiger partial charge on any atom is -0.317 e. The van der Waals surface area contributed by atoms with E-state index >= 15 is 0 Å². The molecule has 0 aliphatic rings. The van der Waals surface area contributed by atoms with Crippen LogP contribution in [0, 0.1) is 6.57 Å². The Morgan fingerprint density at radius 1 is 1.55 bits per heavy atom. The van der Waals surface area contributed by atoms with E-state index in [1.54, 1.807) is 12.4 Å². The summed E-state index contributed by atoms with van der Waals surface area (Å²) in [6, 6.07) is 1.98.